The second kappa shape index (κ2) is 4.84. The number of hydrogen-bond acceptors (Lipinski definition) is 2. The van der Waals surface area contributed by atoms with Gasteiger partial charge in [0, 0.05) is 18.1 Å². The molecule has 0 fully saturated rings. The first-order chi connectivity index (χ1) is 7.79. The summed E-state index contributed by atoms with van der Waals surface area (Å²) in [6.45, 7) is 4.19. The van der Waals surface area contributed by atoms with Crippen molar-refractivity contribution in [1.29, 1.82) is 0 Å². The minimum atomic E-state index is 0.263. The van der Waals surface area contributed by atoms with Crippen molar-refractivity contribution < 1.29 is 4.74 Å². The van der Waals surface area contributed by atoms with Gasteiger partial charge in [0.25, 0.3) is 0 Å². The number of hydrogen-bond donors (Lipinski definition) is 0. The van der Waals surface area contributed by atoms with Gasteiger partial charge < -0.3 is 9.30 Å². The molecule has 3 nitrogen and oxygen atoms in total. The Morgan fingerprint density at radius 2 is 2.06 bits per heavy atom. The van der Waals surface area contributed by atoms with Crippen LogP contribution in [0.1, 0.15) is 20.3 Å². The molecule has 16 heavy (non-hydrogen) atoms. The Morgan fingerprint density at radius 1 is 1.31 bits per heavy atom. The van der Waals surface area contributed by atoms with Crippen LogP contribution in [0, 0.1) is 0 Å². The first-order valence-corrected chi connectivity index (χ1v) is 5.54. The summed E-state index contributed by atoms with van der Waals surface area (Å²) < 4.78 is 7.68. The third-order valence-electron chi connectivity index (χ3n) is 2.55. The van der Waals surface area contributed by atoms with E-state index in [9.17, 15) is 0 Å². The predicted octanol–water partition coefficient (Wildman–Crippen LogP) is 3.05. The molecule has 0 amide bonds. The van der Waals surface area contributed by atoms with E-state index in [0.29, 0.717) is 0 Å². The lowest BCUT2D eigenvalue weighted by Gasteiger charge is -2.12. The lowest BCUT2D eigenvalue weighted by molar-refractivity contribution is 0.217. The zero-order valence-electron chi connectivity index (χ0n) is 9.63. The molecule has 1 aromatic heterocycles. The van der Waals surface area contributed by atoms with Crippen LogP contribution >= 0.6 is 0 Å². The van der Waals surface area contributed by atoms with Crippen LogP contribution in [0.5, 0.6) is 5.75 Å². The van der Waals surface area contributed by atoms with Crippen LogP contribution < -0.4 is 4.74 Å². The second-order valence-electron chi connectivity index (χ2n) is 3.80. The number of nitrogens with zero attached hydrogens (tertiary/aromatic N) is 2. The smallest absolute Gasteiger partial charge is 0.119 e. The minimum absolute atomic E-state index is 0.263. The Labute approximate surface area is 95.7 Å². The van der Waals surface area contributed by atoms with Gasteiger partial charge >= 0.3 is 0 Å². The molecule has 0 spiro atoms. The van der Waals surface area contributed by atoms with Gasteiger partial charge in [-0.25, -0.2) is 4.98 Å². The summed E-state index contributed by atoms with van der Waals surface area (Å²) in [5.74, 6) is 0.915. The minimum Gasteiger partial charge on any atom is -0.491 e. The molecule has 1 heterocycles. The van der Waals surface area contributed by atoms with Crippen LogP contribution in [0.3, 0.4) is 0 Å². The number of imidazole rings is 1. The van der Waals surface area contributed by atoms with E-state index in [0.717, 1.165) is 17.9 Å². The molecule has 1 aromatic carbocycles. The Balaban J connectivity index is 2.11. The third-order valence-corrected chi connectivity index (χ3v) is 2.55. The molecule has 0 aliphatic carbocycles. The maximum atomic E-state index is 5.71. The Hall–Kier alpha value is -1.77. The van der Waals surface area contributed by atoms with Gasteiger partial charge in [0.05, 0.1) is 12.4 Å². The van der Waals surface area contributed by atoms with Gasteiger partial charge in [0.2, 0.25) is 0 Å². The highest BCUT2D eigenvalue weighted by Crippen LogP contribution is 2.16. The highest BCUT2D eigenvalue weighted by Gasteiger charge is 2.01. The van der Waals surface area contributed by atoms with Crippen molar-refractivity contribution in [3.63, 3.8) is 0 Å². The molecule has 0 aliphatic heterocycles. The van der Waals surface area contributed by atoms with Gasteiger partial charge in [0.15, 0.2) is 0 Å². The van der Waals surface area contributed by atoms with Crippen molar-refractivity contribution in [1.82, 2.24) is 9.55 Å². The first kappa shape index (κ1) is 10.7. The molecule has 0 saturated carbocycles. The molecule has 84 valence electrons. The summed E-state index contributed by atoms with van der Waals surface area (Å²) in [5.41, 5.74) is 1.09. The van der Waals surface area contributed by atoms with E-state index < -0.39 is 0 Å². The zero-order valence-corrected chi connectivity index (χ0v) is 9.63. The number of aromatic nitrogens is 2. The average molecular weight is 216 g/mol. The topological polar surface area (TPSA) is 27.1 Å². The maximum Gasteiger partial charge on any atom is 0.119 e. The predicted molar refractivity (Wildman–Crippen MR) is 63.9 cm³/mol. The second-order valence-corrected chi connectivity index (χ2v) is 3.80. The van der Waals surface area contributed by atoms with Crippen molar-refractivity contribution in [2.45, 2.75) is 26.4 Å². The summed E-state index contributed by atoms with van der Waals surface area (Å²) in [5, 5.41) is 0. The van der Waals surface area contributed by atoms with Crippen LogP contribution in [-0.2, 0) is 0 Å². The fourth-order valence-electron chi connectivity index (χ4n) is 1.42. The highest BCUT2D eigenvalue weighted by atomic mass is 16.5. The average Bonchev–Trinajstić information content (AvgIpc) is 2.83. The lowest BCUT2D eigenvalue weighted by atomic mass is 10.3. The van der Waals surface area contributed by atoms with Crippen LogP contribution in [0.25, 0.3) is 5.69 Å². The fraction of sp³-hybridized carbons (Fsp3) is 0.308. The van der Waals surface area contributed by atoms with Crippen LogP contribution in [-0.4, -0.2) is 15.7 Å². The Morgan fingerprint density at radius 3 is 2.62 bits per heavy atom. The molecular weight excluding hydrogens is 200 g/mol. The summed E-state index contributed by atoms with van der Waals surface area (Å²) in [6.07, 6.45) is 6.75. The molecule has 0 aliphatic rings. The van der Waals surface area contributed by atoms with Crippen molar-refractivity contribution in [2.75, 3.05) is 0 Å². The molecule has 2 aromatic rings. The van der Waals surface area contributed by atoms with E-state index in [1.54, 1.807) is 12.5 Å². The number of ether oxygens (including phenoxy) is 1. The van der Waals surface area contributed by atoms with Gasteiger partial charge in [-0.1, -0.05) is 6.92 Å². The van der Waals surface area contributed by atoms with Gasteiger partial charge in [-0.2, -0.15) is 0 Å². The summed E-state index contributed by atoms with van der Waals surface area (Å²) in [7, 11) is 0. The van der Waals surface area contributed by atoms with Crippen LogP contribution in [0.4, 0.5) is 0 Å². The SMILES string of the molecule is CCC(C)Oc1ccc(-n2ccnc2)cc1. The van der Waals surface area contributed by atoms with E-state index in [1.165, 1.54) is 0 Å². The van der Waals surface area contributed by atoms with Crippen molar-refractivity contribution in [3.8, 4) is 11.4 Å². The normalized spacial score (nSPS) is 12.4. The van der Waals surface area contributed by atoms with Gasteiger partial charge in [0.1, 0.15) is 5.75 Å². The fourth-order valence-corrected chi connectivity index (χ4v) is 1.42. The van der Waals surface area contributed by atoms with E-state index in [4.69, 9.17) is 4.74 Å². The van der Waals surface area contributed by atoms with Gasteiger partial charge in [-0.3, -0.25) is 0 Å². The van der Waals surface area contributed by atoms with Crippen LogP contribution in [0.15, 0.2) is 43.0 Å². The van der Waals surface area contributed by atoms with Gasteiger partial charge in [-0.05, 0) is 37.6 Å². The Bertz CT molecular complexity index is 420. The molecular formula is C13H16N2O. The zero-order chi connectivity index (χ0) is 11.4. The molecule has 2 rings (SSSR count). The van der Waals surface area contributed by atoms with E-state index in [2.05, 4.69) is 18.8 Å². The quantitative estimate of drug-likeness (QED) is 0.785. The van der Waals surface area contributed by atoms with Crippen LogP contribution in [0.2, 0.25) is 0 Å². The largest absolute Gasteiger partial charge is 0.491 e. The first-order valence-electron chi connectivity index (χ1n) is 5.54. The molecule has 1 unspecified atom stereocenters. The number of benzene rings is 1. The van der Waals surface area contributed by atoms with Crippen molar-refractivity contribution >= 4 is 0 Å². The van der Waals surface area contributed by atoms with Crippen molar-refractivity contribution in [3.05, 3.63) is 43.0 Å². The van der Waals surface area contributed by atoms with Crippen molar-refractivity contribution in [2.24, 2.45) is 0 Å². The molecule has 0 radical (unpaired) electrons. The maximum absolute atomic E-state index is 5.71. The van der Waals surface area contributed by atoms with E-state index in [1.807, 2.05) is 35.0 Å². The Kier molecular flexibility index (Phi) is 3.25. The standard InChI is InChI=1S/C13H16N2O/c1-3-11(2)16-13-6-4-12(5-7-13)15-9-8-14-10-15/h4-11H,3H2,1-2H3. The van der Waals surface area contributed by atoms with E-state index >= 15 is 0 Å². The molecule has 3 heteroatoms. The summed E-state index contributed by atoms with van der Waals surface area (Å²) >= 11 is 0. The van der Waals surface area contributed by atoms with E-state index in [-0.39, 0.29) is 6.10 Å². The highest BCUT2D eigenvalue weighted by molar-refractivity contribution is 5.37. The molecule has 0 saturated heterocycles. The molecule has 0 N–H and O–H groups in total. The monoisotopic (exact) mass is 216 g/mol. The molecule has 1 atom stereocenters. The van der Waals surface area contributed by atoms with Gasteiger partial charge in [-0.15, -0.1) is 0 Å². The lowest BCUT2D eigenvalue weighted by Crippen LogP contribution is -2.09. The summed E-state index contributed by atoms with van der Waals surface area (Å²) in [4.78, 5) is 4.01. The third kappa shape index (κ3) is 2.42. The molecule has 0 bridgehead atoms. The summed E-state index contributed by atoms with van der Waals surface area (Å²) in [6, 6.07) is 8.03. The number of rotatable bonds is 4.